The molecule has 1 saturated heterocycles. The molecule has 1 aromatic rings. The van der Waals surface area contributed by atoms with Gasteiger partial charge in [0.1, 0.15) is 5.54 Å². The number of benzene rings is 1. The monoisotopic (exact) mass is 357 g/mol. The van der Waals surface area contributed by atoms with E-state index < -0.39 is 23.3 Å². The summed E-state index contributed by atoms with van der Waals surface area (Å²) in [5.74, 6) is -1.98. The average molecular weight is 357 g/mol. The summed E-state index contributed by atoms with van der Waals surface area (Å²) in [6, 6.07) is 5.09. The predicted octanol–water partition coefficient (Wildman–Crippen LogP) is 2.08. The van der Waals surface area contributed by atoms with E-state index in [4.69, 9.17) is 0 Å². The second-order valence-corrected chi connectivity index (χ2v) is 6.96. The van der Waals surface area contributed by atoms with E-state index in [-0.39, 0.29) is 18.7 Å². The highest BCUT2D eigenvalue weighted by Gasteiger charge is 2.53. The van der Waals surface area contributed by atoms with Crippen molar-refractivity contribution in [3.8, 4) is 0 Å². The van der Waals surface area contributed by atoms with Crippen LogP contribution >= 0.6 is 0 Å². The van der Waals surface area contributed by atoms with Crippen molar-refractivity contribution in [3.63, 3.8) is 0 Å². The van der Waals surface area contributed by atoms with Crippen LogP contribution in [-0.4, -0.2) is 40.6 Å². The molecule has 1 aromatic carbocycles. The Morgan fingerprint density at radius 1 is 1.15 bits per heavy atom. The molecule has 4 amide bonds. The Labute approximate surface area is 152 Å². The van der Waals surface area contributed by atoms with Gasteiger partial charge in [0.15, 0.2) is 0 Å². The average Bonchev–Trinajstić information content (AvgIpc) is 2.88. The molecular weight excluding hydrogens is 334 g/mol. The maximum atomic E-state index is 13.0. The summed E-state index contributed by atoms with van der Waals surface area (Å²) < 4.78 is 0. The molecule has 2 aliphatic rings. The zero-order valence-corrected chi connectivity index (χ0v) is 15.1. The van der Waals surface area contributed by atoms with Gasteiger partial charge in [-0.05, 0) is 31.9 Å². The number of piperidine rings is 1. The Bertz CT molecular complexity index is 789. The van der Waals surface area contributed by atoms with Crippen LogP contribution in [0.1, 0.15) is 66.7 Å². The molecule has 1 atom stereocenters. The number of carbonyl (C=O) groups is 4. The van der Waals surface area contributed by atoms with E-state index in [2.05, 4.69) is 17.6 Å². The normalized spacial score (nSPS) is 22.5. The largest absolute Gasteiger partial charge is 0.384 e. The van der Waals surface area contributed by atoms with Gasteiger partial charge in [-0.1, -0.05) is 25.8 Å². The van der Waals surface area contributed by atoms with E-state index in [0.29, 0.717) is 23.4 Å². The lowest BCUT2D eigenvalue weighted by atomic mass is 9.89. The maximum absolute atomic E-state index is 13.0. The van der Waals surface area contributed by atoms with Crippen molar-refractivity contribution in [1.82, 2.24) is 10.2 Å². The van der Waals surface area contributed by atoms with Crippen LogP contribution < -0.4 is 10.6 Å². The molecule has 0 radical (unpaired) electrons. The van der Waals surface area contributed by atoms with Crippen LogP contribution in [-0.2, 0) is 9.59 Å². The second kappa shape index (κ2) is 6.90. The van der Waals surface area contributed by atoms with Crippen LogP contribution in [0.25, 0.3) is 0 Å². The van der Waals surface area contributed by atoms with Gasteiger partial charge in [-0.15, -0.1) is 0 Å². The fraction of sp³-hybridized carbons (Fsp3) is 0.474. The second-order valence-electron chi connectivity index (χ2n) is 6.96. The number of carbonyl (C=O) groups excluding carboxylic acids is 4. The third-order valence-electron chi connectivity index (χ3n) is 5.09. The SMILES string of the molecule is CCCCCNc1cccc2c1C(=O)N(C1(C)CCC(=O)NC1=O)C2=O. The smallest absolute Gasteiger partial charge is 0.264 e. The lowest BCUT2D eigenvalue weighted by molar-refractivity contribution is -0.140. The molecule has 0 saturated carbocycles. The molecule has 2 N–H and O–H groups in total. The van der Waals surface area contributed by atoms with E-state index in [1.807, 2.05) is 0 Å². The van der Waals surface area contributed by atoms with Gasteiger partial charge in [0.05, 0.1) is 11.1 Å². The third-order valence-corrected chi connectivity index (χ3v) is 5.09. The predicted molar refractivity (Wildman–Crippen MR) is 95.7 cm³/mol. The molecule has 3 rings (SSSR count). The molecule has 26 heavy (non-hydrogen) atoms. The fourth-order valence-corrected chi connectivity index (χ4v) is 3.49. The van der Waals surface area contributed by atoms with Gasteiger partial charge < -0.3 is 5.32 Å². The Morgan fingerprint density at radius 2 is 1.92 bits per heavy atom. The Morgan fingerprint density at radius 3 is 2.62 bits per heavy atom. The van der Waals surface area contributed by atoms with E-state index in [1.54, 1.807) is 18.2 Å². The number of nitrogens with zero attached hydrogens (tertiary/aromatic N) is 1. The number of imide groups is 2. The summed E-state index contributed by atoms with van der Waals surface area (Å²) in [5, 5.41) is 5.47. The van der Waals surface area contributed by atoms with Crippen LogP contribution in [0.2, 0.25) is 0 Å². The molecule has 138 valence electrons. The van der Waals surface area contributed by atoms with Crippen LogP contribution in [0.15, 0.2) is 18.2 Å². The maximum Gasteiger partial charge on any atom is 0.264 e. The summed E-state index contributed by atoms with van der Waals surface area (Å²) in [6.07, 6.45) is 3.35. The summed E-state index contributed by atoms with van der Waals surface area (Å²) in [6.45, 7) is 4.35. The van der Waals surface area contributed by atoms with Gasteiger partial charge in [-0.3, -0.25) is 29.4 Å². The first-order valence-corrected chi connectivity index (χ1v) is 9.00. The fourth-order valence-electron chi connectivity index (χ4n) is 3.49. The molecule has 7 nitrogen and oxygen atoms in total. The highest BCUT2D eigenvalue weighted by atomic mass is 16.2. The summed E-state index contributed by atoms with van der Waals surface area (Å²) in [4.78, 5) is 50.8. The highest BCUT2D eigenvalue weighted by molar-refractivity contribution is 6.26. The van der Waals surface area contributed by atoms with Gasteiger partial charge in [-0.25, -0.2) is 0 Å². The van der Waals surface area contributed by atoms with Crippen LogP contribution in [0.3, 0.4) is 0 Å². The first kappa shape index (κ1) is 18.1. The van der Waals surface area contributed by atoms with Gasteiger partial charge in [0.25, 0.3) is 17.7 Å². The van der Waals surface area contributed by atoms with Crippen LogP contribution in [0.4, 0.5) is 5.69 Å². The van der Waals surface area contributed by atoms with Gasteiger partial charge in [-0.2, -0.15) is 0 Å². The van der Waals surface area contributed by atoms with E-state index >= 15 is 0 Å². The summed E-state index contributed by atoms with van der Waals surface area (Å²) in [5.41, 5.74) is -0.155. The number of unbranched alkanes of at least 4 members (excludes halogenated alkanes) is 2. The zero-order chi connectivity index (χ0) is 18.9. The van der Waals surface area contributed by atoms with Gasteiger partial charge >= 0.3 is 0 Å². The molecular formula is C19H23N3O4. The molecule has 1 fully saturated rings. The zero-order valence-electron chi connectivity index (χ0n) is 15.1. The van der Waals surface area contributed by atoms with Crippen molar-refractivity contribution >= 4 is 29.3 Å². The topological polar surface area (TPSA) is 95.6 Å². The molecule has 1 unspecified atom stereocenters. The number of nitrogens with one attached hydrogen (secondary N) is 2. The number of hydrogen-bond acceptors (Lipinski definition) is 5. The number of fused-ring (bicyclic) bond motifs is 1. The Kier molecular flexibility index (Phi) is 4.80. The minimum atomic E-state index is -1.36. The first-order valence-electron chi connectivity index (χ1n) is 9.00. The molecule has 0 aromatic heterocycles. The Balaban J connectivity index is 1.90. The highest BCUT2D eigenvalue weighted by Crippen LogP contribution is 2.36. The molecule has 2 aliphatic heterocycles. The lowest BCUT2D eigenvalue weighted by Crippen LogP contribution is -2.62. The van der Waals surface area contributed by atoms with E-state index in [1.165, 1.54) is 6.92 Å². The van der Waals surface area contributed by atoms with Crippen molar-refractivity contribution < 1.29 is 19.2 Å². The molecule has 0 spiro atoms. The third kappa shape index (κ3) is 2.87. The minimum Gasteiger partial charge on any atom is -0.384 e. The Hall–Kier alpha value is -2.70. The molecule has 0 bridgehead atoms. The number of rotatable bonds is 6. The van der Waals surface area contributed by atoms with Crippen molar-refractivity contribution in [3.05, 3.63) is 29.3 Å². The quantitative estimate of drug-likeness (QED) is 0.600. The van der Waals surface area contributed by atoms with Crippen molar-refractivity contribution in [2.24, 2.45) is 0 Å². The molecule has 0 aliphatic carbocycles. The van der Waals surface area contributed by atoms with Gasteiger partial charge in [0, 0.05) is 18.7 Å². The molecule has 2 heterocycles. The van der Waals surface area contributed by atoms with Crippen molar-refractivity contribution in [2.45, 2.75) is 51.5 Å². The number of hydrogen-bond donors (Lipinski definition) is 2. The van der Waals surface area contributed by atoms with Crippen LogP contribution in [0, 0.1) is 0 Å². The van der Waals surface area contributed by atoms with Crippen molar-refractivity contribution in [1.29, 1.82) is 0 Å². The summed E-state index contributed by atoms with van der Waals surface area (Å²) >= 11 is 0. The lowest BCUT2D eigenvalue weighted by Gasteiger charge is -2.38. The minimum absolute atomic E-state index is 0.0950. The van der Waals surface area contributed by atoms with Gasteiger partial charge in [0.2, 0.25) is 5.91 Å². The van der Waals surface area contributed by atoms with Crippen molar-refractivity contribution in [2.75, 3.05) is 11.9 Å². The van der Waals surface area contributed by atoms with E-state index in [9.17, 15) is 19.2 Å². The summed E-state index contributed by atoms with van der Waals surface area (Å²) in [7, 11) is 0. The number of amides is 4. The standard InChI is InChI=1S/C19H23N3O4/c1-3-4-5-11-20-13-8-6-7-12-15(13)17(25)22(16(12)24)19(2)10-9-14(23)21-18(19)26/h6-8,20H,3-5,9-11H2,1-2H3,(H,21,23,26). The molecule has 7 heteroatoms. The number of anilines is 1. The first-order chi connectivity index (χ1) is 12.4. The van der Waals surface area contributed by atoms with E-state index in [0.717, 1.165) is 24.2 Å². The van der Waals surface area contributed by atoms with Crippen LogP contribution in [0.5, 0.6) is 0 Å².